The Bertz CT molecular complexity index is 716. The Morgan fingerprint density at radius 1 is 1.35 bits per heavy atom. The van der Waals surface area contributed by atoms with Crippen molar-refractivity contribution in [1.82, 2.24) is 20.2 Å². The smallest absolute Gasteiger partial charge is 0.393 e. The number of aromatic amines is 1. The zero-order chi connectivity index (χ0) is 15.8. The summed E-state index contributed by atoms with van der Waals surface area (Å²) in [4.78, 5) is 33.4. The molecule has 7 nitrogen and oxygen atoms in total. The van der Waals surface area contributed by atoms with Crippen LogP contribution in [0.15, 0.2) is 24.4 Å². The summed E-state index contributed by atoms with van der Waals surface area (Å²) >= 11 is 0. The number of amides is 2. The lowest BCUT2D eigenvalue weighted by Crippen LogP contribution is -2.56. The van der Waals surface area contributed by atoms with Gasteiger partial charge in [0.05, 0.1) is 6.04 Å². The quantitative estimate of drug-likeness (QED) is 0.880. The van der Waals surface area contributed by atoms with Crippen LogP contribution in [0.25, 0.3) is 11.0 Å². The van der Waals surface area contributed by atoms with Gasteiger partial charge in [-0.05, 0) is 50.4 Å². The molecule has 3 fully saturated rings. The molecule has 0 aliphatic carbocycles. The number of rotatable bonds is 2. The van der Waals surface area contributed by atoms with Crippen LogP contribution in [-0.2, 0) is 4.79 Å². The summed E-state index contributed by atoms with van der Waals surface area (Å²) in [6, 6.07) is 5.13. The maximum Gasteiger partial charge on any atom is 0.420 e. The van der Waals surface area contributed by atoms with Crippen LogP contribution in [0.4, 0.5) is 4.79 Å². The van der Waals surface area contributed by atoms with Crippen LogP contribution < -0.4 is 10.1 Å². The van der Waals surface area contributed by atoms with E-state index in [2.05, 4.69) is 20.2 Å². The van der Waals surface area contributed by atoms with Crippen LogP contribution in [0.2, 0.25) is 0 Å². The Morgan fingerprint density at radius 2 is 2.17 bits per heavy atom. The van der Waals surface area contributed by atoms with Gasteiger partial charge in [0.1, 0.15) is 5.65 Å². The molecule has 2 N–H and O–H groups in total. The second-order valence-electron chi connectivity index (χ2n) is 6.18. The van der Waals surface area contributed by atoms with E-state index >= 15 is 0 Å². The van der Waals surface area contributed by atoms with Crippen molar-refractivity contribution in [3.8, 4) is 5.88 Å². The molecule has 2 aromatic rings. The van der Waals surface area contributed by atoms with Crippen molar-refractivity contribution in [3.05, 3.63) is 24.4 Å². The highest BCUT2D eigenvalue weighted by Crippen LogP contribution is 2.31. The Balaban J connectivity index is 1.38. The number of pyridine rings is 1. The molecule has 2 amide bonds. The number of imide groups is 1. The molecule has 3 aliphatic rings. The molecule has 3 aliphatic heterocycles. The van der Waals surface area contributed by atoms with Gasteiger partial charge in [0.2, 0.25) is 11.8 Å². The Hall–Kier alpha value is -2.41. The molecule has 7 heteroatoms. The van der Waals surface area contributed by atoms with Gasteiger partial charge in [-0.25, -0.2) is 9.78 Å². The lowest BCUT2D eigenvalue weighted by molar-refractivity contribution is -0.129. The van der Waals surface area contributed by atoms with Crippen LogP contribution in [0, 0.1) is 5.92 Å². The molecule has 1 atom stereocenters. The fourth-order valence-corrected chi connectivity index (χ4v) is 3.53. The predicted octanol–water partition coefficient (Wildman–Crippen LogP) is 1.66. The SMILES string of the molecule is O=C(NC(=O)C1CC2CCN1CC2)Oc1cc2cccnc2[nH]1. The van der Waals surface area contributed by atoms with E-state index < -0.39 is 6.09 Å². The molecule has 0 aromatic carbocycles. The van der Waals surface area contributed by atoms with Crippen molar-refractivity contribution in [2.75, 3.05) is 13.1 Å². The second kappa shape index (κ2) is 5.66. The van der Waals surface area contributed by atoms with E-state index in [4.69, 9.17) is 4.74 Å². The zero-order valence-electron chi connectivity index (χ0n) is 12.6. The first-order valence-corrected chi connectivity index (χ1v) is 7.89. The Kier molecular flexibility index (Phi) is 3.49. The molecule has 5 rings (SSSR count). The summed E-state index contributed by atoms with van der Waals surface area (Å²) in [7, 11) is 0. The molecular weight excluding hydrogens is 296 g/mol. The third-order valence-corrected chi connectivity index (χ3v) is 4.74. The van der Waals surface area contributed by atoms with E-state index in [1.54, 1.807) is 18.3 Å². The summed E-state index contributed by atoms with van der Waals surface area (Å²) < 4.78 is 5.16. The van der Waals surface area contributed by atoms with Gasteiger partial charge in [0.15, 0.2) is 0 Å². The summed E-state index contributed by atoms with van der Waals surface area (Å²) in [5.74, 6) is 0.606. The van der Waals surface area contributed by atoms with Gasteiger partial charge in [0.25, 0.3) is 0 Å². The first kappa shape index (κ1) is 14.2. The van der Waals surface area contributed by atoms with Crippen molar-refractivity contribution >= 4 is 23.0 Å². The van der Waals surface area contributed by atoms with Gasteiger partial charge in [-0.15, -0.1) is 0 Å². The van der Waals surface area contributed by atoms with E-state index in [-0.39, 0.29) is 17.8 Å². The first-order chi connectivity index (χ1) is 11.2. The fraction of sp³-hybridized carbons (Fsp3) is 0.438. The van der Waals surface area contributed by atoms with E-state index in [1.165, 1.54) is 0 Å². The highest BCUT2D eigenvalue weighted by Gasteiger charge is 2.38. The van der Waals surface area contributed by atoms with Crippen LogP contribution >= 0.6 is 0 Å². The largest absolute Gasteiger partial charge is 0.420 e. The van der Waals surface area contributed by atoms with Crippen LogP contribution in [0.3, 0.4) is 0 Å². The van der Waals surface area contributed by atoms with Gasteiger partial charge in [-0.3, -0.25) is 15.0 Å². The van der Waals surface area contributed by atoms with Crippen molar-refractivity contribution in [2.45, 2.75) is 25.3 Å². The number of H-pyrrole nitrogens is 1. The van der Waals surface area contributed by atoms with Gasteiger partial charge >= 0.3 is 6.09 Å². The molecule has 1 unspecified atom stereocenters. The molecule has 0 radical (unpaired) electrons. The number of hydrogen-bond donors (Lipinski definition) is 2. The Labute approximate surface area is 133 Å². The molecule has 3 saturated heterocycles. The van der Waals surface area contributed by atoms with Crippen molar-refractivity contribution in [3.63, 3.8) is 0 Å². The lowest BCUT2D eigenvalue weighted by atomic mass is 9.83. The normalized spacial score (nSPS) is 26.2. The molecule has 2 bridgehead atoms. The minimum atomic E-state index is -0.760. The van der Waals surface area contributed by atoms with Gasteiger partial charge in [0, 0.05) is 17.6 Å². The number of carbonyl (C=O) groups excluding carboxylic acids is 2. The number of aromatic nitrogens is 2. The monoisotopic (exact) mass is 314 g/mol. The third kappa shape index (κ3) is 2.79. The van der Waals surface area contributed by atoms with Gasteiger partial charge in [-0.2, -0.15) is 0 Å². The predicted molar refractivity (Wildman–Crippen MR) is 83.0 cm³/mol. The summed E-state index contributed by atoms with van der Waals surface area (Å²) in [6.45, 7) is 1.87. The van der Waals surface area contributed by atoms with Crippen LogP contribution in [0.1, 0.15) is 19.3 Å². The highest BCUT2D eigenvalue weighted by atomic mass is 16.6. The molecule has 120 valence electrons. The maximum atomic E-state index is 12.3. The number of hydrogen-bond acceptors (Lipinski definition) is 5. The van der Waals surface area contributed by atoms with Gasteiger partial charge < -0.3 is 9.72 Å². The fourth-order valence-electron chi connectivity index (χ4n) is 3.53. The molecule has 0 saturated carbocycles. The van der Waals surface area contributed by atoms with Crippen molar-refractivity contribution < 1.29 is 14.3 Å². The first-order valence-electron chi connectivity index (χ1n) is 7.89. The van der Waals surface area contributed by atoms with Crippen LogP contribution in [-0.4, -0.2) is 46.0 Å². The molecule has 2 aromatic heterocycles. The number of nitrogens with one attached hydrogen (secondary N) is 2. The van der Waals surface area contributed by atoms with E-state index in [0.717, 1.165) is 37.7 Å². The second-order valence-corrected chi connectivity index (χ2v) is 6.18. The summed E-state index contributed by atoms with van der Waals surface area (Å²) in [6.07, 6.45) is 4.02. The van der Waals surface area contributed by atoms with E-state index in [0.29, 0.717) is 11.6 Å². The standard InChI is InChI=1S/C16H18N4O3/c21-15(12-8-10-3-6-20(12)7-4-10)19-16(22)23-13-9-11-2-1-5-17-14(11)18-13/h1-2,5,9-10,12H,3-4,6-8H2,(H,17,18)(H,19,21,22). The zero-order valence-corrected chi connectivity index (χ0v) is 12.6. The topological polar surface area (TPSA) is 87.3 Å². The summed E-state index contributed by atoms with van der Waals surface area (Å²) in [5.41, 5.74) is 0.636. The third-order valence-electron chi connectivity index (χ3n) is 4.74. The van der Waals surface area contributed by atoms with E-state index in [1.807, 2.05) is 6.07 Å². The molecule has 0 spiro atoms. The average Bonchev–Trinajstić information content (AvgIpc) is 2.97. The van der Waals surface area contributed by atoms with Crippen molar-refractivity contribution in [1.29, 1.82) is 0 Å². The Morgan fingerprint density at radius 3 is 2.87 bits per heavy atom. The number of fused-ring (bicyclic) bond motifs is 4. The summed E-state index contributed by atoms with van der Waals surface area (Å²) in [5, 5.41) is 3.19. The maximum absolute atomic E-state index is 12.3. The number of carbonyl (C=O) groups is 2. The lowest BCUT2D eigenvalue weighted by Gasteiger charge is -2.44. The number of ether oxygens (including phenoxy) is 1. The number of nitrogens with zero attached hydrogens (tertiary/aromatic N) is 2. The highest BCUT2D eigenvalue weighted by molar-refractivity contribution is 5.95. The minimum Gasteiger partial charge on any atom is -0.393 e. The van der Waals surface area contributed by atoms with Crippen LogP contribution in [0.5, 0.6) is 5.88 Å². The van der Waals surface area contributed by atoms with E-state index in [9.17, 15) is 9.59 Å². The minimum absolute atomic E-state index is 0.209. The van der Waals surface area contributed by atoms with Gasteiger partial charge in [-0.1, -0.05) is 0 Å². The molecular formula is C16H18N4O3. The number of piperidine rings is 3. The molecule has 23 heavy (non-hydrogen) atoms. The van der Waals surface area contributed by atoms with Crippen molar-refractivity contribution in [2.24, 2.45) is 5.92 Å². The average molecular weight is 314 g/mol. The molecule has 5 heterocycles.